The second-order valence-electron chi connectivity index (χ2n) is 2.86. The Morgan fingerprint density at radius 1 is 1.08 bits per heavy atom. The molecule has 0 saturated heterocycles. The molecule has 0 radical (unpaired) electrons. The van der Waals surface area contributed by atoms with Crippen LogP contribution >= 0.6 is 0 Å². The summed E-state index contributed by atoms with van der Waals surface area (Å²) in [6.45, 7) is -0.569. The van der Waals surface area contributed by atoms with Gasteiger partial charge in [0.1, 0.15) is 18.3 Å². The van der Waals surface area contributed by atoms with E-state index in [1.54, 1.807) is 7.05 Å². The Labute approximate surface area is 79.4 Å². The average molecular weight is 197 g/mol. The van der Waals surface area contributed by atoms with Crippen LogP contribution in [0.5, 0.6) is 0 Å². The number of nitrogens with one attached hydrogen (secondary N) is 1. The topological polar surface area (TPSA) is 113 Å². The van der Waals surface area contributed by atoms with Crippen LogP contribution in [0.1, 0.15) is 2.85 Å². The van der Waals surface area contributed by atoms with Gasteiger partial charge in [-0.05, 0) is 7.05 Å². The molecule has 80 valence electrons. The molecule has 0 aliphatic heterocycles. The number of aliphatic hydroxyl groups excluding tert-OH is 5. The lowest BCUT2D eigenvalue weighted by Gasteiger charge is -2.25. The summed E-state index contributed by atoms with van der Waals surface area (Å²) in [5.74, 6) is 0. The molecule has 0 aliphatic rings. The molecule has 0 heterocycles. The van der Waals surface area contributed by atoms with Crippen molar-refractivity contribution < 1.29 is 28.4 Å². The van der Waals surface area contributed by atoms with Crippen LogP contribution in [0, 0.1) is 0 Å². The second-order valence-corrected chi connectivity index (χ2v) is 2.86. The van der Waals surface area contributed by atoms with Crippen molar-refractivity contribution in [3.05, 3.63) is 0 Å². The number of hydrogen-bond acceptors (Lipinski definition) is 6. The van der Waals surface area contributed by atoms with Gasteiger partial charge in [0, 0.05) is 6.54 Å². The molecule has 0 saturated carbocycles. The standard InChI is InChI=1S/C7H17NO5/c1-8-2-4(10)6(12)7(13)5(11)3-9/h4-13H,2-3H2,1H3/p+2/t4-,5+,6+,7+/m0/s1. The van der Waals surface area contributed by atoms with Gasteiger partial charge < -0.3 is 30.8 Å². The molecule has 13 heavy (non-hydrogen) atoms. The molecule has 6 nitrogen and oxygen atoms in total. The molecular formula is C7H19NO5+2. The van der Waals surface area contributed by atoms with E-state index < -0.39 is 31.0 Å². The average Bonchev–Trinajstić information content (AvgIpc) is 2.14. The molecular weight excluding hydrogens is 178 g/mol. The van der Waals surface area contributed by atoms with Gasteiger partial charge in [-0.25, -0.2) is 0 Å². The maximum Gasteiger partial charge on any atom is 1.00 e. The Bertz CT molecular complexity index is 143. The SMILES string of the molecule is CNC[C@H](O)[C@@H](O)[C@H](O)[C@H](O)CO.[H+].[H+]. The Morgan fingerprint density at radius 3 is 1.92 bits per heavy atom. The molecule has 6 heteroatoms. The predicted molar refractivity (Wildman–Crippen MR) is 47.3 cm³/mol. The highest BCUT2D eigenvalue weighted by molar-refractivity contribution is 4.81. The van der Waals surface area contributed by atoms with Gasteiger partial charge in [-0.1, -0.05) is 0 Å². The van der Waals surface area contributed by atoms with Crippen LogP contribution in [0.4, 0.5) is 0 Å². The molecule has 0 aromatic rings. The molecule has 0 rings (SSSR count). The number of rotatable bonds is 6. The first kappa shape index (κ1) is 12.8. The molecule has 0 amide bonds. The summed E-state index contributed by atoms with van der Waals surface area (Å²) in [6, 6.07) is 0. The van der Waals surface area contributed by atoms with Crippen LogP contribution < -0.4 is 5.32 Å². The fourth-order valence-corrected chi connectivity index (χ4v) is 0.893. The third-order valence-corrected chi connectivity index (χ3v) is 1.74. The second kappa shape index (κ2) is 6.25. The van der Waals surface area contributed by atoms with Gasteiger partial charge in [0.15, 0.2) is 0 Å². The lowest BCUT2D eigenvalue weighted by molar-refractivity contribution is -0.113. The van der Waals surface area contributed by atoms with Crippen LogP contribution in [0.25, 0.3) is 0 Å². The Hall–Kier alpha value is -0.240. The minimum atomic E-state index is -1.55. The zero-order valence-electron chi connectivity index (χ0n) is 9.46. The van der Waals surface area contributed by atoms with Gasteiger partial charge in [-0.2, -0.15) is 0 Å². The summed E-state index contributed by atoms with van der Waals surface area (Å²) in [5, 5.41) is 47.5. The van der Waals surface area contributed by atoms with Crippen LogP contribution in [-0.4, -0.2) is 70.1 Å². The van der Waals surface area contributed by atoms with E-state index in [9.17, 15) is 5.11 Å². The van der Waals surface area contributed by atoms with Crippen LogP contribution in [0.3, 0.4) is 0 Å². The molecule has 0 bridgehead atoms. The first-order valence-electron chi connectivity index (χ1n) is 4.02. The molecule has 0 aromatic heterocycles. The lowest BCUT2D eigenvalue weighted by atomic mass is 10.0. The fraction of sp³-hybridized carbons (Fsp3) is 1.00. The molecule has 0 aliphatic carbocycles. The molecule has 0 aromatic carbocycles. The fourth-order valence-electron chi connectivity index (χ4n) is 0.893. The number of hydrogen-bond donors (Lipinski definition) is 6. The highest BCUT2D eigenvalue weighted by Crippen LogP contribution is 2.04. The van der Waals surface area contributed by atoms with Crippen LogP contribution in [0.2, 0.25) is 0 Å². The Kier molecular flexibility index (Phi) is 6.13. The van der Waals surface area contributed by atoms with Gasteiger partial charge in [0.05, 0.1) is 12.7 Å². The summed E-state index contributed by atoms with van der Waals surface area (Å²) in [7, 11) is 1.57. The summed E-state index contributed by atoms with van der Waals surface area (Å²) in [5.41, 5.74) is 0. The first-order valence-corrected chi connectivity index (χ1v) is 4.02. The molecule has 0 fully saturated rings. The highest BCUT2D eigenvalue weighted by atomic mass is 16.4. The first-order chi connectivity index (χ1) is 6.04. The lowest BCUT2D eigenvalue weighted by Crippen LogP contribution is -2.48. The van der Waals surface area contributed by atoms with E-state index in [-0.39, 0.29) is 9.40 Å². The predicted octanol–water partition coefficient (Wildman–Crippen LogP) is -3.13. The van der Waals surface area contributed by atoms with Gasteiger partial charge in [-0.3, -0.25) is 0 Å². The van der Waals surface area contributed by atoms with Crippen molar-refractivity contribution in [3.8, 4) is 0 Å². The Morgan fingerprint density at radius 2 is 1.54 bits per heavy atom. The van der Waals surface area contributed by atoms with Crippen molar-refractivity contribution in [2.75, 3.05) is 20.2 Å². The smallest absolute Gasteiger partial charge is 0.394 e. The van der Waals surface area contributed by atoms with Crippen molar-refractivity contribution in [3.63, 3.8) is 0 Å². The molecule has 6 N–H and O–H groups in total. The maximum atomic E-state index is 9.21. The minimum Gasteiger partial charge on any atom is -0.394 e. The third kappa shape index (κ3) is 3.99. The van der Waals surface area contributed by atoms with E-state index in [0.29, 0.717) is 0 Å². The zero-order chi connectivity index (χ0) is 10.4. The van der Waals surface area contributed by atoms with E-state index in [0.717, 1.165) is 0 Å². The highest BCUT2D eigenvalue weighted by Gasteiger charge is 2.29. The van der Waals surface area contributed by atoms with Crippen LogP contribution in [0.15, 0.2) is 0 Å². The molecule has 0 spiro atoms. The quantitative estimate of drug-likeness (QED) is 0.268. The molecule has 0 unspecified atom stereocenters. The minimum absolute atomic E-state index is 0. The monoisotopic (exact) mass is 197 g/mol. The molecule has 4 atom stereocenters. The van der Waals surface area contributed by atoms with Crippen molar-refractivity contribution >= 4 is 0 Å². The summed E-state index contributed by atoms with van der Waals surface area (Å²) >= 11 is 0. The summed E-state index contributed by atoms with van der Waals surface area (Å²) in [6.07, 6.45) is -5.65. The van der Waals surface area contributed by atoms with Crippen LogP contribution in [-0.2, 0) is 0 Å². The summed E-state index contributed by atoms with van der Waals surface area (Å²) in [4.78, 5) is 0. The summed E-state index contributed by atoms with van der Waals surface area (Å²) < 4.78 is 0. The van der Waals surface area contributed by atoms with Crippen molar-refractivity contribution in [1.82, 2.24) is 5.32 Å². The Balaban J connectivity index is -0.000000720. The third-order valence-electron chi connectivity index (χ3n) is 1.74. The maximum absolute atomic E-state index is 9.21. The largest absolute Gasteiger partial charge is 1.00 e. The number of likely N-dealkylation sites (N-methyl/N-ethyl adjacent to an activating group) is 1. The van der Waals surface area contributed by atoms with Crippen molar-refractivity contribution in [1.29, 1.82) is 0 Å². The van der Waals surface area contributed by atoms with E-state index in [1.807, 2.05) is 0 Å². The normalized spacial score (nSPS) is 20.8. The van der Waals surface area contributed by atoms with Gasteiger partial charge in [-0.15, -0.1) is 0 Å². The van der Waals surface area contributed by atoms with Crippen molar-refractivity contribution in [2.45, 2.75) is 24.4 Å². The van der Waals surface area contributed by atoms with E-state index in [4.69, 9.17) is 20.4 Å². The van der Waals surface area contributed by atoms with E-state index in [1.165, 1.54) is 0 Å². The van der Waals surface area contributed by atoms with Gasteiger partial charge in [0.25, 0.3) is 0 Å². The van der Waals surface area contributed by atoms with Crippen molar-refractivity contribution in [2.24, 2.45) is 0 Å². The van der Waals surface area contributed by atoms with E-state index >= 15 is 0 Å². The van der Waals surface area contributed by atoms with E-state index in [2.05, 4.69) is 5.32 Å². The van der Waals surface area contributed by atoms with Gasteiger partial charge >= 0.3 is 2.85 Å². The van der Waals surface area contributed by atoms with Gasteiger partial charge in [0.2, 0.25) is 0 Å². The number of aliphatic hydroxyl groups is 5. The zero-order valence-corrected chi connectivity index (χ0v) is 7.46.